The van der Waals surface area contributed by atoms with E-state index in [1.54, 1.807) is 0 Å². The van der Waals surface area contributed by atoms with Crippen LogP contribution in [0.4, 0.5) is 0 Å². The molecular formula is C54H34N4. The Morgan fingerprint density at radius 2 is 0.828 bits per heavy atom. The van der Waals surface area contributed by atoms with Crippen LogP contribution in [-0.2, 0) is 6.42 Å². The molecule has 0 spiro atoms. The molecular weight excluding hydrogens is 705 g/mol. The minimum absolute atomic E-state index is 0.628. The summed E-state index contributed by atoms with van der Waals surface area (Å²) in [6, 6.07) is 69.3. The zero-order valence-corrected chi connectivity index (χ0v) is 31.5. The van der Waals surface area contributed by atoms with Crippen LogP contribution in [0.25, 0.3) is 105 Å². The molecule has 4 nitrogen and oxygen atoms in total. The van der Waals surface area contributed by atoms with Crippen molar-refractivity contribution in [2.45, 2.75) is 6.42 Å². The molecule has 0 radical (unpaired) electrons. The van der Waals surface area contributed by atoms with Gasteiger partial charge in [0.1, 0.15) is 0 Å². The molecule has 2 aromatic heterocycles. The van der Waals surface area contributed by atoms with Gasteiger partial charge in [-0.15, -0.1) is 0 Å². The molecule has 0 saturated carbocycles. The topological polar surface area (TPSA) is 43.6 Å². The Hall–Kier alpha value is -7.69. The van der Waals surface area contributed by atoms with Crippen LogP contribution in [0, 0.1) is 0 Å². The summed E-state index contributed by atoms with van der Waals surface area (Å²) in [4.78, 5) is 16.3. The summed E-state index contributed by atoms with van der Waals surface area (Å²) in [6.45, 7) is 0. The van der Waals surface area contributed by atoms with Gasteiger partial charge in [0.2, 0.25) is 0 Å². The van der Waals surface area contributed by atoms with Crippen LogP contribution >= 0.6 is 0 Å². The third-order valence-corrected chi connectivity index (χ3v) is 11.9. The summed E-state index contributed by atoms with van der Waals surface area (Å²) in [5.41, 5.74) is 13.5. The molecule has 9 aromatic carbocycles. The van der Waals surface area contributed by atoms with E-state index in [0.717, 1.165) is 51.0 Å². The number of nitrogens with zero attached hydrogens (tertiary/aromatic N) is 4. The van der Waals surface area contributed by atoms with E-state index in [9.17, 15) is 0 Å². The number of para-hydroxylation sites is 3. The third kappa shape index (κ3) is 4.98. The molecule has 0 unspecified atom stereocenters. The van der Waals surface area contributed by atoms with Gasteiger partial charge in [-0.25, -0.2) is 15.0 Å². The maximum Gasteiger partial charge on any atom is 0.166 e. The Kier molecular flexibility index (Phi) is 7.26. The Morgan fingerprint density at radius 1 is 0.328 bits per heavy atom. The van der Waals surface area contributed by atoms with E-state index in [0.29, 0.717) is 17.5 Å². The molecule has 0 amide bonds. The van der Waals surface area contributed by atoms with Crippen LogP contribution in [0.2, 0.25) is 0 Å². The zero-order valence-electron chi connectivity index (χ0n) is 31.5. The fourth-order valence-corrected chi connectivity index (χ4v) is 9.34. The molecule has 4 heteroatoms. The largest absolute Gasteiger partial charge is 0.309 e. The molecule has 58 heavy (non-hydrogen) atoms. The van der Waals surface area contributed by atoms with E-state index < -0.39 is 0 Å². The summed E-state index contributed by atoms with van der Waals surface area (Å²) in [5, 5.41) is 7.27. The van der Waals surface area contributed by atoms with Crippen molar-refractivity contribution in [1.82, 2.24) is 19.5 Å². The van der Waals surface area contributed by atoms with Crippen molar-refractivity contribution in [2.24, 2.45) is 0 Å². The number of rotatable bonds is 5. The molecule has 11 aromatic rings. The van der Waals surface area contributed by atoms with Gasteiger partial charge in [-0.2, -0.15) is 0 Å². The second kappa shape index (κ2) is 12.9. The quantitative estimate of drug-likeness (QED) is 0.165. The molecule has 1 aliphatic carbocycles. The van der Waals surface area contributed by atoms with E-state index in [-0.39, 0.29) is 0 Å². The first-order valence-corrected chi connectivity index (χ1v) is 19.8. The van der Waals surface area contributed by atoms with Crippen LogP contribution in [0.3, 0.4) is 0 Å². The SMILES string of the molecule is c1ccc2c(c1)Cc1c(-c3nc(-c4ccccc4-c4cccc5ccc6ccccc6c45)nc(-c4ccccc4-n4c5ccccc5c5ccccc54)n3)cccc1-2. The Labute approximate surface area is 335 Å². The van der Waals surface area contributed by atoms with Crippen LogP contribution in [0.15, 0.2) is 194 Å². The fourth-order valence-electron chi connectivity index (χ4n) is 9.34. The standard InChI is InChI=1S/C54H34N4/c1-4-19-38-34(15-1)31-32-35-17-13-26-43(51(35)38)40-20-5-6-23-44(40)52-55-53(45-27-14-25-39-37-18-3-2-16-36(37)33-47(39)45)57-54(56-52)46-24-9-12-30-50(46)58-48-28-10-7-21-41(48)42-22-8-11-29-49(42)58/h1-32H,33H2. The first kappa shape index (κ1) is 32.5. The van der Waals surface area contributed by atoms with Gasteiger partial charge < -0.3 is 4.57 Å². The highest BCUT2D eigenvalue weighted by atomic mass is 15.1. The molecule has 0 N–H and O–H groups in total. The Bertz CT molecular complexity index is 3390. The van der Waals surface area contributed by atoms with Gasteiger partial charge in [0.15, 0.2) is 17.5 Å². The summed E-state index contributed by atoms with van der Waals surface area (Å²) < 4.78 is 2.36. The van der Waals surface area contributed by atoms with Crippen LogP contribution in [0.1, 0.15) is 11.1 Å². The summed E-state index contributed by atoms with van der Waals surface area (Å²) in [6.07, 6.45) is 0.829. The highest BCUT2D eigenvalue weighted by Crippen LogP contribution is 2.43. The van der Waals surface area contributed by atoms with Crippen molar-refractivity contribution in [3.8, 4) is 62.1 Å². The second-order valence-electron chi connectivity index (χ2n) is 15.1. The van der Waals surface area contributed by atoms with Crippen molar-refractivity contribution >= 4 is 43.4 Å². The van der Waals surface area contributed by atoms with Gasteiger partial charge in [0.25, 0.3) is 0 Å². The molecule has 1 aliphatic rings. The van der Waals surface area contributed by atoms with E-state index in [2.05, 4.69) is 199 Å². The van der Waals surface area contributed by atoms with Gasteiger partial charge >= 0.3 is 0 Å². The van der Waals surface area contributed by atoms with Gasteiger partial charge in [0, 0.05) is 27.5 Å². The average Bonchev–Trinajstić information content (AvgIpc) is 3.85. The lowest BCUT2D eigenvalue weighted by Gasteiger charge is -2.17. The molecule has 0 fully saturated rings. The van der Waals surface area contributed by atoms with Crippen LogP contribution in [-0.4, -0.2) is 19.5 Å². The Morgan fingerprint density at radius 3 is 1.62 bits per heavy atom. The van der Waals surface area contributed by atoms with Crippen molar-refractivity contribution in [3.63, 3.8) is 0 Å². The van der Waals surface area contributed by atoms with Gasteiger partial charge in [-0.05, 0) is 85.6 Å². The number of hydrogen-bond donors (Lipinski definition) is 0. The minimum atomic E-state index is 0.628. The zero-order chi connectivity index (χ0) is 38.2. The van der Waals surface area contributed by atoms with E-state index in [1.807, 2.05) is 0 Å². The maximum atomic E-state index is 5.46. The van der Waals surface area contributed by atoms with Gasteiger partial charge in [0.05, 0.1) is 16.7 Å². The number of hydrogen-bond acceptors (Lipinski definition) is 3. The third-order valence-electron chi connectivity index (χ3n) is 11.9. The molecule has 0 aliphatic heterocycles. The summed E-state index contributed by atoms with van der Waals surface area (Å²) in [5.74, 6) is 1.93. The van der Waals surface area contributed by atoms with E-state index in [1.165, 1.54) is 54.6 Å². The maximum absolute atomic E-state index is 5.46. The summed E-state index contributed by atoms with van der Waals surface area (Å²) >= 11 is 0. The molecule has 0 saturated heterocycles. The first-order chi connectivity index (χ1) is 28.8. The molecule has 2 heterocycles. The predicted molar refractivity (Wildman–Crippen MR) is 239 cm³/mol. The number of benzene rings is 9. The smallest absolute Gasteiger partial charge is 0.166 e. The molecule has 0 atom stereocenters. The van der Waals surface area contributed by atoms with Crippen molar-refractivity contribution in [2.75, 3.05) is 0 Å². The predicted octanol–water partition coefficient (Wildman–Crippen LogP) is 13.5. The number of fused-ring (bicyclic) bond motifs is 9. The van der Waals surface area contributed by atoms with Crippen molar-refractivity contribution in [3.05, 3.63) is 205 Å². The van der Waals surface area contributed by atoms with E-state index >= 15 is 0 Å². The van der Waals surface area contributed by atoms with Crippen LogP contribution in [0.5, 0.6) is 0 Å². The van der Waals surface area contributed by atoms with Crippen molar-refractivity contribution < 1.29 is 0 Å². The van der Waals surface area contributed by atoms with E-state index in [4.69, 9.17) is 15.0 Å². The van der Waals surface area contributed by atoms with Gasteiger partial charge in [-0.1, -0.05) is 170 Å². The van der Waals surface area contributed by atoms with Gasteiger partial charge in [-0.3, -0.25) is 0 Å². The molecule has 0 bridgehead atoms. The fraction of sp³-hybridized carbons (Fsp3) is 0.0185. The monoisotopic (exact) mass is 738 g/mol. The summed E-state index contributed by atoms with van der Waals surface area (Å²) in [7, 11) is 0. The normalized spacial score (nSPS) is 12.1. The average molecular weight is 739 g/mol. The van der Waals surface area contributed by atoms with Crippen molar-refractivity contribution in [1.29, 1.82) is 0 Å². The van der Waals surface area contributed by atoms with Crippen LogP contribution < -0.4 is 0 Å². The lowest BCUT2D eigenvalue weighted by atomic mass is 9.91. The second-order valence-corrected chi connectivity index (χ2v) is 15.1. The molecule has 270 valence electrons. The Balaban J connectivity index is 1.14. The first-order valence-electron chi connectivity index (χ1n) is 19.8. The lowest BCUT2D eigenvalue weighted by Crippen LogP contribution is -2.05. The molecule has 12 rings (SSSR count). The number of aromatic nitrogens is 4. The minimum Gasteiger partial charge on any atom is -0.309 e. The highest BCUT2D eigenvalue weighted by Gasteiger charge is 2.25. The lowest BCUT2D eigenvalue weighted by molar-refractivity contribution is 1.06. The highest BCUT2D eigenvalue weighted by molar-refractivity contribution is 6.15.